The normalized spacial score (nSPS) is 14.6. The van der Waals surface area contributed by atoms with Crippen LogP contribution in [0.2, 0.25) is 0 Å². The number of anilines is 1. The molecule has 1 aliphatic heterocycles. The van der Waals surface area contributed by atoms with E-state index in [4.69, 9.17) is 14.6 Å². The minimum atomic E-state index is -0.548. The van der Waals surface area contributed by atoms with Gasteiger partial charge in [-0.1, -0.05) is 0 Å². The highest BCUT2D eigenvalue weighted by atomic mass is 16.6. The average Bonchev–Trinajstić information content (AvgIpc) is 2.35. The lowest BCUT2D eigenvalue weighted by Gasteiger charge is -2.31. The van der Waals surface area contributed by atoms with Crippen molar-refractivity contribution >= 4 is 11.8 Å². The van der Waals surface area contributed by atoms with Crippen molar-refractivity contribution < 1.29 is 19.4 Å². The van der Waals surface area contributed by atoms with Gasteiger partial charge in [0.25, 0.3) is 0 Å². The monoisotopic (exact) mass is 266 g/mol. The van der Waals surface area contributed by atoms with Crippen LogP contribution in [0.5, 0.6) is 5.75 Å². The number of fused-ring (bicyclic) bond motifs is 1. The summed E-state index contributed by atoms with van der Waals surface area (Å²) in [5.41, 5.74) is 0.524. The Bertz CT molecular complexity index is 482. The van der Waals surface area contributed by atoms with Crippen molar-refractivity contribution in [3.63, 3.8) is 0 Å². The third kappa shape index (κ3) is 3.14. The lowest BCUT2D eigenvalue weighted by molar-refractivity contribution is 0.0567. The summed E-state index contributed by atoms with van der Waals surface area (Å²) in [6.45, 7) is 6.10. The molecule has 104 valence electrons. The zero-order valence-electron chi connectivity index (χ0n) is 11.3. The van der Waals surface area contributed by atoms with Crippen LogP contribution in [-0.4, -0.2) is 34.9 Å². The third-order valence-electron chi connectivity index (χ3n) is 2.54. The van der Waals surface area contributed by atoms with Crippen LogP contribution in [0.4, 0.5) is 10.5 Å². The summed E-state index contributed by atoms with van der Waals surface area (Å²) >= 11 is 0. The largest absolute Gasteiger partial charge is 0.489 e. The van der Waals surface area contributed by atoms with E-state index in [1.165, 1.54) is 11.1 Å². The molecule has 19 heavy (non-hydrogen) atoms. The molecule has 1 amide bonds. The second kappa shape index (κ2) is 5.05. The van der Waals surface area contributed by atoms with Crippen molar-refractivity contribution in [2.45, 2.75) is 33.0 Å². The van der Waals surface area contributed by atoms with Crippen LogP contribution in [0.15, 0.2) is 12.3 Å². The molecule has 1 aromatic rings. The molecule has 0 saturated carbocycles. The Kier molecular flexibility index (Phi) is 3.61. The Balaban J connectivity index is 2.25. The highest BCUT2D eigenvalue weighted by Crippen LogP contribution is 2.32. The molecule has 1 aliphatic rings. The van der Waals surface area contributed by atoms with Gasteiger partial charge in [0.1, 0.15) is 23.6 Å². The van der Waals surface area contributed by atoms with E-state index in [0.717, 1.165) is 0 Å². The number of aliphatic hydroxyl groups is 1. The number of hydrogen-bond donors (Lipinski definition) is 1. The van der Waals surface area contributed by atoms with E-state index < -0.39 is 11.7 Å². The molecule has 0 unspecified atom stereocenters. The topological polar surface area (TPSA) is 71.9 Å². The molecule has 6 nitrogen and oxygen atoms in total. The predicted octanol–water partition coefficient (Wildman–Crippen LogP) is 1.71. The molecule has 0 fully saturated rings. The number of aliphatic hydroxyl groups excluding tert-OH is 1. The number of carbonyl (C=O) groups is 1. The first-order chi connectivity index (χ1) is 8.90. The van der Waals surface area contributed by atoms with Gasteiger partial charge in [-0.3, -0.25) is 9.88 Å². The minimum absolute atomic E-state index is 0.164. The van der Waals surface area contributed by atoms with E-state index in [9.17, 15) is 4.79 Å². The van der Waals surface area contributed by atoms with Gasteiger partial charge in [0.2, 0.25) is 0 Å². The second-order valence-electron chi connectivity index (χ2n) is 5.28. The first-order valence-corrected chi connectivity index (χ1v) is 6.14. The molecule has 0 radical (unpaired) electrons. The standard InChI is InChI=1S/C13H18N2O4/c1-13(2,3)19-12(17)15-4-5-18-11-6-9(8-16)14-7-10(11)15/h6-7,16H,4-5,8H2,1-3H3. The quantitative estimate of drug-likeness (QED) is 0.837. The first kappa shape index (κ1) is 13.6. The van der Waals surface area contributed by atoms with Gasteiger partial charge in [-0.15, -0.1) is 0 Å². The summed E-state index contributed by atoms with van der Waals surface area (Å²) in [5, 5.41) is 9.04. The number of rotatable bonds is 1. The summed E-state index contributed by atoms with van der Waals surface area (Å²) in [6.07, 6.45) is 1.10. The van der Waals surface area contributed by atoms with Crippen LogP contribution >= 0.6 is 0 Å². The van der Waals surface area contributed by atoms with E-state index in [1.807, 2.05) is 20.8 Å². The van der Waals surface area contributed by atoms with E-state index in [1.54, 1.807) is 6.07 Å². The molecule has 0 atom stereocenters. The minimum Gasteiger partial charge on any atom is -0.489 e. The number of aromatic nitrogens is 1. The van der Waals surface area contributed by atoms with Gasteiger partial charge in [-0.05, 0) is 20.8 Å². The van der Waals surface area contributed by atoms with Crippen molar-refractivity contribution in [2.24, 2.45) is 0 Å². The summed E-state index contributed by atoms with van der Waals surface area (Å²) in [7, 11) is 0. The number of pyridine rings is 1. The van der Waals surface area contributed by atoms with Crippen LogP contribution < -0.4 is 9.64 Å². The van der Waals surface area contributed by atoms with Crippen molar-refractivity contribution in [1.29, 1.82) is 0 Å². The highest BCUT2D eigenvalue weighted by molar-refractivity contribution is 5.90. The Morgan fingerprint density at radius 1 is 1.58 bits per heavy atom. The summed E-state index contributed by atoms with van der Waals surface area (Å²) < 4.78 is 10.8. The smallest absolute Gasteiger partial charge is 0.415 e. The molecular weight excluding hydrogens is 248 g/mol. The van der Waals surface area contributed by atoms with Crippen LogP contribution in [0.1, 0.15) is 26.5 Å². The molecule has 0 aromatic carbocycles. The maximum Gasteiger partial charge on any atom is 0.415 e. The highest BCUT2D eigenvalue weighted by Gasteiger charge is 2.28. The summed E-state index contributed by atoms with van der Waals surface area (Å²) in [4.78, 5) is 17.7. The number of carbonyl (C=O) groups excluding carboxylic acids is 1. The molecule has 0 saturated heterocycles. The SMILES string of the molecule is CC(C)(C)OC(=O)N1CCOc2cc(CO)ncc21. The van der Waals surface area contributed by atoms with Gasteiger partial charge in [0.05, 0.1) is 25.0 Å². The van der Waals surface area contributed by atoms with Crippen molar-refractivity contribution in [2.75, 3.05) is 18.1 Å². The second-order valence-corrected chi connectivity index (χ2v) is 5.28. The molecule has 1 N–H and O–H groups in total. The fraction of sp³-hybridized carbons (Fsp3) is 0.538. The Morgan fingerprint density at radius 2 is 2.32 bits per heavy atom. The predicted molar refractivity (Wildman–Crippen MR) is 69.2 cm³/mol. The maximum atomic E-state index is 12.1. The zero-order valence-corrected chi connectivity index (χ0v) is 11.3. The first-order valence-electron chi connectivity index (χ1n) is 6.14. The van der Waals surface area contributed by atoms with Crippen molar-refractivity contribution in [3.05, 3.63) is 18.0 Å². The molecular formula is C13H18N2O4. The average molecular weight is 266 g/mol. The van der Waals surface area contributed by atoms with E-state index in [0.29, 0.717) is 30.3 Å². The van der Waals surface area contributed by atoms with Crippen molar-refractivity contribution in [1.82, 2.24) is 4.98 Å². The van der Waals surface area contributed by atoms with Gasteiger partial charge in [-0.2, -0.15) is 0 Å². The Hall–Kier alpha value is -1.82. The fourth-order valence-electron chi connectivity index (χ4n) is 1.75. The van der Waals surface area contributed by atoms with Gasteiger partial charge >= 0.3 is 6.09 Å². The summed E-state index contributed by atoms with van der Waals surface area (Å²) in [5.74, 6) is 0.538. The van der Waals surface area contributed by atoms with Gasteiger partial charge < -0.3 is 14.6 Å². The summed E-state index contributed by atoms with van der Waals surface area (Å²) in [6, 6.07) is 1.63. The molecule has 1 aromatic heterocycles. The van der Waals surface area contributed by atoms with Gasteiger partial charge in [0, 0.05) is 6.07 Å². The van der Waals surface area contributed by atoms with Crippen molar-refractivity contribution in [3.8, 4) is 5.75 Å². The van der Waals surface area contributed by atoms with Crippen LogP contribution in [-0.2, 0) is 11.3 Å². The van der Waals surface area contributed by atoms with Crippen LogP contribution in [0.25, 0.3) is 0 Å². The Morgan fingerprint density at radius 3 is 2.95 bits per heavy atom. The molecule has 0 aliphatic carbocycles. The molecule has 0 bridgehead atoms. The zero-order chi connectivity index (χ0) is 14.0. The molecule has 2 rings (SSSR count). The van der Waals surface area contributed by atoms with Gasteiger partial charge in [0.15, 0.2) is 0 Å². The molecule has 2 heterocycles. The van der Waals surface area contributed by atoms with E-state index in [-0.39, 0.29) is 6.61 Å². The number of hydrogen-bond acceptors (Lipinski definition) is 5. The molecule has 6 heteroatoms. The maximum absolute atomic E-state index is 12.1. The van der Waals surface area contributed by atoms with Crippen LogP contribution in [0.3, 0.4) is 0 Å². The lowest BCUT2D eigenvalue weighted by atomic mass is 10.2. The van der Waals surface area contributed by atoms with E-state index in [2.05, 4.69) is 4.98 Å². The van der Waals surface area contributed by atoms with E-state index >= 15 is 0 Å². The van der Waals surface area contributed by atoms with Crippen LogP contribution in [0, 0.1) is 0 Å². The number of amides is 1. The Labute approximate surface area is 112 Å². The number of ether oxygens (including phenoxy) is 2. The fourth-order valence-corrected chi connectivity index (χ4v) is 1.75. The molecule has 0 spiro atoms. The van der Waals surface area contributed by atoms with Gasteiger partial charge in [-0.25, -0.2) is 4.79 Å². The lowest BCUT2D eigenvalue weighted by Crippen LogP contribution is -2.41. The number of nitrogens with zero attached hydrogens (tertiary/aromatic N) is 2. The third-order valence-corrected chi connectivity index (χ3v) is 2.54.